The Hall–Kier alpha value is -2.36. The summed E-state index contributed by atoms with van der Waals surface area (Å²) in [5.74, 6) is 0.204. The van der Waals surface area contributed by atoms with Gasteiger partial charge in [-0.25, -0.2) is 9.37 Å². The molecule has 2 heterocycles. The highest BCUT2D eigenvalue weighted by Crippen LogP contribution is 2.32. The smallest absolute Gasteiger partial charge is 0.220 e. The van der Waals surface area contributed by atoms with Crippen LogP contribution in [0.25, 0.3) is 23.3 Å². The van der Waals surface area contributed by atoms with Gasteiger partial charge in [0.15, 0.2) is 5.58 Å². The molecule has 0 N–H and O–H groups in total. The van der Waals surface area contributed by atoms with Gasteiger partial charge in [0.2, 0.25) is 5.89 Å². The maximum Gasteiger partial charge on any atom is 0.220 e. The summed E-state index contributed by atoms with van der Waals surface area (Å²) in [5, 5.41) is 0. The lowest BCUT2D eigenvalue weighted by atomic mass is 9.95. The predicted octanol–water partition coefficient (Wildman–Crippen LogP) is 6.06. The highest BCUT2D eigenvalue weighted by Gasteiger charge is 2.19. The molecule has 1 saturated carbocycles. The van der Waals surface area contributed by atoms with Crippen molar-refractivity contribution in [3.8, 4) is 0 Å². The Bertz CT molecular complexity index is 929. The van der Waals surface area contributed by atoms with Crippen molar-refractivity contribution < 1.29 is 8.81 Å². The minimum Gasteiger partial charge on any atom is -0.437 e. The Balaban J connectivity index is 1.62. The standard InChI is InChI=1S/C21H23FN2O/c1-14-12-16(15(2)24(14)18-6-4-3-5-7-18)8-11-21-23-19-13-17(22)9-10-20(19)25-21/h8-13,18H,3-7H2,1-2H3. The van der Waals surface area contributed by atoms with Crippen molar-refractivity contribution in [3.05, 3.63) is 52.9 Å². The number of halogens is 1. The first-order valence-electron chi connectivity index (χ1n) is 9.04. The molecule has 1 aromatic carbocycles. The second kappa shape index (κ2) is 6.51. The van der Waals surface area contributed by atoms with E-state index in [0.717, 1.165) is 0 Å². The van der Waals surface area contributed by atoms with Crippen molar-refractivity contribution in [1.29, 1.82) is 0 Å². The second-order valence-electron chi connectivity index (χ2n) is 6.99. The number of hydrogen-bond donors (Lipinski definition) is 0. The summed E-state index contributed by atoms with van der Waals surface area (Å²) in [7, 11) is 0. The van der Waals surface area contributed by atoms with Crippen molar-refractivity contribution in [2.24, 2.45) is 0 Å². The van der Waals surface area contributed by atoms with Crippen molar-refractivity contribution in [2.75, 3.05) is 0 Å². The molecule has 3 nitrogen and oxygen atoms in total. The van der Waals surface area contributed by atoms with Crippen LogP contribution in [0.1, 0.15) is 61.0 Å². The molecule has 3 aromatic rings. The molecule has 0 spiro atoms. The number of nitrogens with zero attached hydrogens (tertiary/aromatic N) is 2. The third kappa shape index (κ3) is 3.13. The number of hydrogen-bond acceptors (Lipinski definition) is 2. The third-order valence-corrected chi connectivity index (χ3v) is 5.23. The average molecular weight is 338 g/mol. The number of oxazole rings is 1. The molecule has 130 valence electrons. The normalized spacial score (nSPS) is 16.3. The second-order valence-corrected chi connectivity index (χ2v) is 6.99. The van der Waals surface area contributed by atoms with Crippen LogP contribution in [0.4, 0.5) is 4.39 Å². The highest BCUT2D eigenvalue weighted by molar-refractivity contribution is 5.76. The van der Waals surface area contributed by atoms with E-state index in [1.54, 1.807) is 6.07 Å². The summed E-state index contributed by atoms with van der Waals surface area (Å²) in [6.45, 7) is 4.36. The van der Waals surface area contributed by atoms with Crippen LogP contribution in [0, 0.1) is 19.7 Å². The first-order valence-corrected chi connectivity index (χ1v) is 9.04. The topological polar surface area (TPSA) is 31.0 Å². The van der Waals surface area contributed by atoms with Crippen molar-refractivity contribution in [1.82, 2.24) is 9.55 Å². The van der Waals surface area contributed by atoms with E-state index in [9.17, 15) is 4.39 Å². The predicted molar refractivity (Wildman–Crippen MR) is 98.9 cm³/mol. The van der Waals surface area contributed by atoms with Gasteiger partial charge in [0.25, 0.3) is 0 Å². The van der Waals surface area contributed by atoms with Crippen LogP contribution in [0.15, 0.2) is 28.7 Å². The summed E-state index contributed by atoms with van der Waals surface area (Å²) in [6.07, 6.45) is 10.5. The first-order chi connectivity index (χ1) is 12.1. The van der Waals surface area contributed by atoms with Gasteiger partial charge in [0.1, 0.15) is 11.3 Å². The van der Waals surface area contributed by atoms with E-state index >= 15 is 0 Å². The van der Waals surface area contributed by atoms with E-state index in [1.807, 2.05) is 12.2 Å². The molecular formula is C21H23FN2O. The molecule has 4 rings (SSSR count). The van der Waals surface area contributed by atoms with Crippen molar-refractivity contribution >= 4 is 23.3 Å². The van der Waals surface area contributed by atoms with Crippen LogP contribution in [-0.2, 0) is 0 Å². The largest absolute Gasteiger partial charge is 0.437 e. The molecule has 4 heteroatoms. The van der Waals surface area contributed by atoms with Crippen LogP contribution < -0.4 is 0 Å². The van der Waals surface area contributed by atoms with Gasteiger partial charge in [-0.05, 0) is 56.5 Å². The molecule has 1 aliphatic rings. The Morgan fingerprint density at radius 1 is 1.12 bits per heavy atom. The summed E-state index contributed by atoms with van der Waals surface area (Å²) in [5.41, 5.74) is 4.95. The van der Waals surface area contributed by atoms with Gasteiger partial charge in [-0.1, -0.05) is 19.3 Å². The summed E-state index contributed by atoms with van der Waals surface area (Å²) < 4.78 is 21.4. The minimum absolute atomic E-state index is 0.299. The third-order valence-electron chi connectivity index (χ3n) is 5.23. The van der Waals surface area contributed by atoms with Gasteiger partial charge in [-0.3, -0.25) is 0 Å². The molecule has 25 heavy (non-hydrogen) atoms. The molecule has 1 aliphatic carbocycles. The number of benzene rings is 1. The number of fused-ring (bicyclic) bond motifs is 1. The van der Waals surface area contributed by atoms with Gasteiger partial charge in [-0.15, -0.1) is 0 Å². The Morgan fingerprint density at radius 2 is 1.92 bits per heavy atom. The molecule has 1 fully saturated rings. The van der Waals surface area contributed by atoms with Crippen molar-refractivity contribution in [2.45, 2.75) is 52.0 Å². The maximum absolute atomic E-state index is 13.3. The van der Waals surface area contributed by atoms with Gasteiger partial charge >= 0.3 is 0 Å². The molecular weight excluding hydrogens is 315 g/mol. The molecule has 0 aliphatic heterocycles. The van der Waals surface area contributed by atoms with Crippen LogP contribution in [0.5, 0.6) is 0 Å². The summed E-state index contributed by atoms with van der Waals surface area (Å²) in [4.78, 5) is 4.34. The minimum atomic E-state index is -0.299. The molecule has 0 amide bonds. The van der Waals surface area contributed by atoms with Gasteiger partial charge < -0.3 is 8.98 Å². The Morgan fingerprint density at radius 3 is 2.72 bits per heavy atom. The van der Waals surface area contributed by atoms with E-state index in [1.165, 1.54) is 61.2 Å². The fraction of sp³-hybridized carbons (Fsp3) is 0.381. The maximum atomic E-state index is 13.3. The molecule has 0 saturated heterocycles. The van der Waals surface area contributed by atoms with E-state index in [-0.39, 0.29) is 5.82 Å². The molecule has 0 atom stereocenters. The van der Waals surface area contributed by atoms with Crippen LogP contribution in [0.2, 0.25) is 0 Å². The Kier molecular flexibility index (Phi) is 4.20. The zero-order valence-corrected chi connectivity index (χ0v) is 14.8. The van der Waals surface area contributed by atoms with Gasteiger partial charge in [0.05, 0.1) is 0 Å². The van der Waals surface area contributed by atoms with Crippen molar-refractivity contribution in [3.63, 3.8) is 0 Å². The lowest BCUT2D eigenvalue weighted by Crippen LogP contribution is -2.15. The molecule has 2 aromatic heterocycles. The van der Waals surface area contributed by atoms with E-state index in [4.69, 9.17) is 4.42 Å². The highest BCUT2D eigenvalue weighted by atomic mass is 19.1. The van der Waals surface area contributed by atoms with Crippen LogP contribution in [0.3, 0.4) is 0 Å². The molecule has 0 radical (unpaired) electrons. The lowest BCUT2D eigenvalue weighted by Gasteiger charge is -2.26. The molecule has 0 bridgehead atoms. The average Bonchev–Trinajstić information content (AvgIpc) is 3.13. The SMILES string of the molecule is Cc1cc(C=Cc2nc3cc(F)ccc3o2)c(C)n1C1CCCCC1. The van der Waals surface area contributed by atoms with Crippen LogP contribution in [-0.4, -0.2) is 9.55 Å². The first kappa shape index (κ1) is 16.1. The number of aryl methyl sites for hydroxylation is 1. The number of rotatable bonds is 3. The van der Waals surface area contributed by atoms with Gasteiger partial charge in [-0.2, -0.15) is 0 Å². The summed E-state index contributed by atoms with van der Waals surface area (Å²) >= 11 is 0. The van der Waals surface area contributed by atoms with Gasteiger partial charge in [0, 0.05) is 29.6 Å². The molecule has 0 unspecified atom stereocenters. The zero-order valence-electron chi connectivity index (χ0n) is 14.8. The zero-order chi connectivity index (χ0) is 17.4. The van der Waals surface area contributed by atoms with E-state index in [0.29, 0.717) is 23.0 Å². The van der Waals surface area contributed by atoms with E-state index < -0.39 is 0 Å². The Labute approximate surface area is 147 Å². The lowest BCUT2D eigenvalue weighted by molar-refractivity contribution is 0.346. The monoisotopic (exact) mass is 338 g/mol. The summed E-state index contributed by atoms with van der Waals surface area (Å²) in [6, 6.07) is 7.25. The van der Waals surface area contributed by atoms with E-state index in [2.05, 4.69) is 29.5 Å². The van der Waals surface area contributed by atoms with Crippen LogP contribution >= 0.6 is 0 Å². The number of aromatic nitrogens is 2. The fourth-order valence-corrected chi connectivity index (χ4v) is 4.02. The quantitative estimate of drug-likeness (QED) is 0.581. The fourth-order valence-electron chi connectivity index (χ4n) is 4.02.